The van der Waals surface area contributed by atoms with Gasteiger partial charge in [0.15, 0.2) is 5.78 Å². The third-order valence-corrected chi connectivity index (χ3v) is 3.61. The lowest BCUT2D eigenvalue weighted by Gasteiger charge is -2.05. The number of nitrogens with zero attached hydrogens (tertiary/aromatic N) is 1. The summed E-state index contributed by atoms with van der Waals surface area (Å²) in [6.07, 6.45) is 0. The number of carbonyl (C=O) groups is 1. The molecule has 21 heavy (non-hydrogen) atoms. The molecule has 0 aliphatic rings. The van der Waals surface area contributed by atoms with E-state index in [9.17, 15) is 4.79 Å². The predicted octanol–water partition coefficient (Wildman–Crippen LogP) is 4.74. The zero-order valence-corrected chi connectivity index (χ0v) is 12.6. The van der Waals surface area contributed by atoms with Crippen LogP contribution < -0.4 is 0 Å². The van der Waals surface area contributed by atoms with Crippen molar-refractivity contribution in [2.75, 3.05) is 0 Å². The number of carbonyl (C=O) groups excluding carboxylic acids is 1. The van der Waals surface area contributed by atoms with Gasteiger partial charge in [0.05, 0.1) is 5.52 Å². The first-order valence-corrected chi connectivity index (χ1v) is 7.10. The zero-order chi connectivity index (χ0) is 15.0. The van der Waals surface area contributed by atoms with Gasteiger partial charge in [-0.05, 0) is 61.9 Å². The molecule has 0 N–H and O–H groups in total. The number of pyridine rings is 1. The highest BCUT2D eigenvalue weighted by Gasteiger charge is 2.11. The normalized spacial score (nSPS) is 10.8. The summed E-state index contributed by atoms with van der Waals surface area (Å²) in [7, 11) is 0. The molecule has 0 fully saturated rings. The SMILES string of the molecule is Cc1cc(Cl)cc(C(=O)c2ccc3nc(C)ccc3c2)c1. The van der Waals surface area contributed by atoms with Crippen molar-refractivity contribution in [2.24, 2.45) is 0 Å². The van der Waals surface area contributed by atoms with E-state index in [1.807, 2.05) is 56.3 Å². The summed E-state index contributed by atoms with van der Waals surface area (Å²) in [4.78, 5) is 17.0. The fraction of sp³-hybridized carbons (Fsp3) is 0.111. The van der Waals surface area contributed by atoms with Crippen LogP contribution in [0.1, 0.15) is 27.2 Å². The van der Waals surface area contributed by atoms with Crippen LogP contribution in [-0.2, 0) is 0 Å². The van der Waals surface area contributed by atoms with Crippen molar-refractivity contribution >= 4 is 28.3 Å². The summed E-state index contributed by atoms with van der Waals surface area (Å²) < 4.78 is 0. The van der Waals surface area contributed by atoms with Crippen molar-refractivity contribution in [3.63, 3.8) is 0 Å². The van der Waals surface area contributed by atoms with Crippen LogP contribution in [0.2, 0.25) is 5.02 Å². The third kappa shape index (κ3) is 2.81. The molecule has 0 radical (unpaired) electrons. The maximum Gasteiger partial charge on any atom is 0.193 e. The number of benzene rings is 2. The van der Waals surface area contributed by atoms with Crippen molar-refractivity contribution < 1.29 is 4.79 Å². The van der Waals surface area contributed by atoms with Gasteiger partial charge in [0, 0.05) is 27.2 Å². The number of rotatable bonds is 2. The number of hydrogen-bond acceptors (Lipinski definition) is 2. The highest BCUT2D eigenvalue weighted by atomic mass is 35.5. The van der Waals surface area contributed by atoms with Crippen LogP contribution in [0.5, 0.6) is 0 Å². The minimum absolute atomic E-state index is 0.0249. The van der Waals surface area contributed by atoms with Crippen LogP contribution in [0.4, 0.5) is 0 Å². The van der Waals surface area contributed by atoms with Gasteiger partial charge in [-0.2, -0.15) is 0 Å². The number of fused-ring (bicyclic) bond motifs is 1. The number of ketones is 1. The highest BCUT2D eigenvalue weighted by Crippen LogP contribution is 2.20. The summed E-state index contributed by atoms with van der Waals surface area (Å²) in [5, 5.41) is 1.54. The second kappa shape index (κ2) is 5.30. The molecule has 0 bridgehead atoms. The molecule has 3 rings (SSSR count). The molecule has 0 amide bonds. The molecule has 3 aromatic rings. The minimum atomic E-state index is -0.0249. The molecule has 1 aromatic heterocycles. The highest BCUT2D eigenvalue weighted by molar-refractivity contribution is 6.31. The van der Waals surface area contributed by atoms with E-state index in [-0.39, 0.29) is 5.78 Å². The minimum Gasteiger partial charge on any atom is -0.289 e. The number of aryl methyl sites for hydroxylation is 2. The zero-order valence-electron chi connectivity index (χ0n) is 11.9. The van der Waals surface area contributed by atoms with Gasteiger partial charge < -0.3 is 0 Å². The molecule has 0 atom stereocenters. The molecule has 3 heteroatoms. The number of halogens is 1. The van der Waals surface area contributed by atoms with Crippen LogP contribution in [0, 0.1) is 13.8 Å². The van der Waals surface area contributed by atoms with Crippen molar-refractivity contribution in [2.45, 2.75) is 13.8 Å². The van der Waals surface area contributed by atoms with E-state index in [1.165, 1.54) is 0 Å². The first-order valence-electron chi connectivity index (χ1n) is 6.72. The Bertz CT molecular complexity index is 835. The fourth-order valence-electron chi connectivity index (χ4n) is 2.40. The first-order chi connectivity index (χ1) is 10.0. The molecule has 0 aliphatic carbocycles. The summed E-state index contributed by atoms with van der Waals surface area (Å²) >= 11 is 6.03. The lowest BCUT2D eigenvalue weighted by molar-refractivity contribution is 0.103. The average Bonchev–Trinajstić information content (AvgIpc) is 2.45. The molecule has 1 heterocycles. The van der Waals surface area contributed by atoms with E-state index < -0.39 is 0 Å². The second-order valence-electron chi connectivity index (χ2n) is 5.21. The Hall–Kier alpha value is -2.19. The Labute approximate surface area is 128 Å². The summed E-state index contributed by atoms with van der Waals surface area (Å²) in [6.45, 7) is 3.88. The second-order valence-corrected chi connectivity index (χ2v) is 5.64. The molecule has 0 saturated heterocycles. The molecule has 0 saturated carbocycles. The van der Waals surface area contributed by atoms with Gasteiger partial charge in [-0.25, -0.2) is 0 Å². The molecular weight excluding hydrogens is 282 g/mol. The van der Waals surface area contributed by atoms with E-state index in [0.717, 1.165) is 22.2 Å². The Balaban J connectivity index is 2.07. The van der Waals surface area contributed by atoms with Crippen molar-refractivity contribution in [1.82, 2.24) is 4.98 Å². The maximum absolute atomic E-state index is 12.6. The molecule has 2 nitrogen and oxygen atoms in total. The number of hydrogen-bond donors (Lipinski definition) is 0. The summed E-state index contributed by atoms with van der Waals surface area (Å²) in [5.41, 5.74) is 4.10. The fourth-order valence-corrected chi connectivity index (χ4v) is 2.69. The van der Waals surface area contributed by atoms with Gasteiger partial charge in [0.1, 0.15) is 0 Å². The Kier molecular flexibility index (Phi) is 3.48. The van der Waals surface area contributed by atoms with E-state index in [4.69, 9.17) is 11.6 Å². The van der Waals surface area contributed by atoms with Crippen molar-refractivity contribution in [3.05, 3.63) is 75.9 Å². The van der Waals surface area contributed by atoms with Gasteiger partial charge in [0.25, 0.3) is 0 Å². The van der Waals surface area contributed by atoms with Crippen LogP contribution in [0.3, 0.4) is 0 Å². The quantitative estimate of drug-likeness (QED) is 0.639. The third-order valence-electron chi connectivity index (χ3n) is 3.39. The van der Waals surface area contributed by atoms with Gasteiger partial charge in [-0.1, -0.05) is 17.7 Å². The molecule has 0 spiro atoms. The maximum atomic E-state index is 12.6. The Morgan fingerprint density at radius 3 is 2.52 bits per heavy atom. The largest absolute Gasteiger partial charge is 0.289 e. The molecular formula is C18H14ClNO. The van der Waals surface area contributed by atoms with Crippen molar-refractivity contribution in [3.8, 4) is 0 Å². The Morgan fingerprint density at radius 1 is 0.952 bits per heavy atom. The van der Waals surface area contributed by atoms with Crippen LogP contribution >= 0.6 is 11.6 Å². The summed E-state index contributed by atoms with van der Waals surface area (Å²) in [6, 6.07) is 14.9. The molecule has 0 aliphatic heterocycles. The number of aromatic nitrogens is 1. The molecule has 2 aromatic carbocycles. The predicted molar refractivity (Wildman–Crippen MR) is 86.1 cm³/mol. The van der Waals surface area contributed by atoms with E-state index in [0.29, 0.717) is 16.1 Å². The smallest absolute Gasteiger partial charge is 0.193 e. The standard InChI is InChI=1S/C18H14ClNO/c1-11-7-15(10-16(19)8-11)18(21)14-5-6-17-13(9-14)4-3-12(2)20-17/h3-10H,1-2H3. The average molecular weight is 296 g/mol. The van der Waals surface area contributed by atoms with Gasteiger partial charge in [-0.15, -0.1) is 0 Å². The van der Waals surface area contributed by atoms with Crippen LogP contribution in [0.15, 0.2) is 48.5 Å². The topological polar surface area (TPSA) is 30.0 Å². The first kappa shape index (κ1) is 13.8. The Morgan fingerprint density at radius 2 is 1.76 bits per heavy atom. The van der Waals surface area contributed by atoms with Gasteiger partial charge in [0.2, 0.25) is 0 Å². The van der Waals surface area contributed by atoms with Crippen LogP contribution in [0.25, 0.3) is 10.9 Å². The lowest BCUT2D eigenvalue weighted by Crippen LogP contribution is -2.02. The molecule has 0 unspecified atom stereocenters. The van der Waals surface area contributed by atoms with Crippen molar-refractivity contribution in [1.29, 1.82) is 0 Å². The monoisotopic (exact) mass is 295 g/mol. The van der Waals surface area contributed by atoms with E-state index in [2.05, 4.69) is 4.98 Å². The van der Waals surface area contributed by atoms with E-state index in [1.54, 1.807) is 6.07 Å². The van der Waals surface area contributed by atoms with Crippen LogP contribution in [-0.4, -0.2) is 10.8 Å². The van der Waals surface area contributed by atoms with E-state index >= 15 is 0 Å². The molecule has 104 valence electrons. The van der Waals surface area contributed by atoms with Gasteiger partial charge >= 0.3 is 0 Å². The summed E-state index contributed by atoms with van der Waals surface area (Å²) in [5.74, 6) is -0.0249. The lowest BCUT2D eigenvalue weighted by atomic mass is 10.00. The van der Waals surface area contributed by atoms with Gasteiger partial charge in [-0.3, -0.25) is 9.78 Å².